The van der Waals surface area contributed by atoms with Gasteiger partial charge in [0.1, 0.15) is 18.2 Å². The van der Waals surface area contributed by atoms with Crippen molar-refractivity contribution < 1.29 is 22.7 Å². The first-order valence-corrected chi connectivity index (χ1v) is 14.7. The second-order valence-corrected chi connectivity index (χ2v) is 11.4. The highest BCUT2D eigenvalue weighted by atomic mass is 32.2. The number of sulfone groups is 1. The summed E-state index contributed by atoms with van der Waals surface area (Å²) in [5, 5.41) is 0. The van der Waals surface area contributed by atoms with Crippen LogP contribution in [0.15, 0.2) is 54.0 Å². The summed E-state index contributed by atoms with van der Waals surface area (Å²) in [6.07, 6.45) is 11.4. The molecule has 1 aromatic carbocycles. The van der Waals surface area contributed by atoms with Gasteiger partial charge >= 0.3 is 5.97 Å². The lowest BCUT2D eigenvalue weighted by atomic mass is 10.1. The first-order chi connectivity index (χ1) is 18.8. The Labute approximate surface area is 227 Å². The maximum atomic E-state index is 11.9. The summed E-state index contributed by atoms with van der Waals surface area (Å²) in [7, 11) is -3.25. The summed E-state index contributed by atoms with van der Waals surface area (Å²) >= 11 is 0. The Balaban J connectivity index is 1.17. The van der Waals surface area contributed by atoms with Crippen molar-refractivity contribution in [3.63, 3.8) is 0 Å². The summed E-state index contributed by atoms with van der Waals surface area (Å²) in [5.41, 5.74) is 2.65. The number of piperidine rings is 1. The van der Waals surface area contributed by atoms with E-state index in [2.05, 4.69) is 29.7 Å². The molecule has 2 aliphatic heterocycles. The molecule has 0 radical (unpaired) electrons. The zero-order valence-corrected chi connectivity index (χ0v) is 22.7. The van der Waals surface area contributed by atoms with E-state index in [4.69, 9.17) is 9.47 Å². The van der Waals surface area contributed by atoms with E-state index in [0.717, 1.165) is 49.2 Å². The van der Waals surface area contributed by atoms with Crippen LogP contribution in [0.1, 0.15) is 30.9 Å². The van der Waals surface area contributed by atoms with Crippen molar-refractivity contribution in [2.45, 2.75) is 37.2 Å². The quantitative estimate of drug-likeness (QED) is 0.303. The monoisotopic (exact) mass is 550 g/mol. The van der Waals surface area contributed by atoms with Gasteiger partial charge in [-0.25, -0.2) is 33.1 Å². The predicted molar refractivity (Wildman–Crippen MR) is 146 cm³/mol. The minimum atomic E-state index is -3.25. The molecule has 0 atom stereocenters. The molecule has 1 saturated heterocycles. The van der Waals surface area contributed by atoms with Gasteiger partial charge in [0.2, 0.25) is 11.8 Å². The fraction of sp³-hybridized carbons (Fsp3) is 0.370. The summed E-state index contributed by atoms with van der Waals surface area (Å²) < 4.78 is 34.9. The van der Waals surface area contributed by atoms with Gasteiger partial charge in [0, 0.05) is 74.5 Å². The van der Waals surface area contributed by atoms with Gasteiger partial charge in [-0.3, -0.25) is 0 Å². The Morgan fingerprint density at radius 1 is 1.08 bits per heavy atom. The third kappa shape index (κ3) is 6.33. The average Bonchev–Trinajstić information content (AvgIpc) is 3.36. The molecule has 0 aliphatic carbocycles. The fourth-order valence-electron chi connectivity index (χ4n) is 4.67. The molecule has 0 spiro atoms. The molecule has 2 aromatic heterocycles. The second-order valence-electron chi connectivity index (χ2n) is 9.38. The van der Waals surface area contributed by atoms with E-state index in [-0.39, 0.29) is 6.10 Å². The molecule has 2 aliphatic rings. The van der Waals surface area contributed by atoms with Crippen molar-refractivity contribution in [1.82, 2.24) is 19.9 Å². The third-order valence-electron chi connectivity index (χ3n) is 6.65. The van der Waals surface area contributed by atoms with Crippen LogP contribution < -0.4 is 14.5 Å². The number of fused-ring (bicyclic) bond motifs is 1. The Kier molecular flexibility index (Phi) is 7.73. The second kappa shape index (κ2) is 11.4. The number of nitrogens with zero attached hydrogens (tertiary/aromatic N) is 6. The minimum Gasteiger partial charge on any atom is -0.474 e. The largest absolute Gasteiger partial charge is 0.474 e. The van der Waals surface area contributed by atoms with Crippen molar-refractivity contribution in [1.29, 1.82) is 0 Å². The molecule has 12 heteroatoms. The number of carbonyl (C=O) groups excluding carboxylic acids is 1. The number of hydrogen-bond acceptors (Lipinski definition) is 11. The Morgan fingerprint density at radius 3 is 2.56 bits per heavy atom. The predicted octanol–water partition coefficient (Wildman–Crippen LogP) is 2.99. The first kappa shape index (κ1) is 26.5. The van der Waals surface area contributed by atoms with Crippen molar-refractivity contribution in [3.05, 3.63) is 60.2 Å². The maximum absolute atomic E-state index is 11.9. The molecule has 5 rings (SSSR count). The number of benzene rings is 1. The summed E-state index contributed by atoms with van der Waals surface area (Å²) in [6, 6.07) is 7.05. The van der Waals surface area contributed by atoms with E-state index >= 15 is 0 Å². The molecule has 0 saturated carbocycles. The number of anilines is 3. The van der Waals surface area contributed by atoms with Gasteiger partial charge < -0.3 is 19.3 Å². The van der Waals surface area contributed by atoms with Crippen molar-refractivity contribution in [2.75, 3.05) is 42.3 Å². The Morgan fingerprint density at radius 2 is 1.85 bits per heavy atom. The van der Waals surface area contributed by atoms with Crippen LogP contribution >= 0.6 is 0 Å². The number of carbonyl (C=O) groups is 1. The Bertz CT molecular complexity index is 1470. The normalized spacial score (nSPS) is 15.9. The molecule has 0 N–H and O–H groups in total. The van der Waals surface area contributed by atoms with Gasteiger partial charge in [0.25, 0.3) is 0 Å². The van der Waals surface area contributed by atoms with Crippen LogP contribution in [-0.2, 0) is 25.8 Å². The number of hydrogen-bond donors (Lipinski definition) is 0. The van der Waals surface area contributed by atoms with Crippen molar-refractivity contribution >= 4 is 39.3 Å². The number of esters is 1. The van der Waals surface area contributed by atoms with E-state index < -0.39 is 15.8 Å². The molecule has 0 amide bonds. The lowest BCUT2D eigenvalue weighted by Gasteiger charge is -2.32. The van der Waals surface area contributed by atoms with Crippen LogP contribution in [0.25, 0.3) is 6.08 Å². The van der Waals surface area contributed by atoms with Crippen LogP contribution in [0.3, 0.4) is 0 Å². The molecule has 204 valence electrons. The lowest BCUT2D eigenvalue weighted by molar-refractivity contribution is -0.137. The molecule has 0 unspecified atom stereocenters. The highest BCUT2D eigenvalue weighted by Crippen LogP contribution is 2.35. The smallest absolute Gasteiger partial charge is 0.330 e. The van der Waals surface area contributed by atoms with E-state index in [0.29, 0.717) is 35.7 Å². The van der Waals surface area contributed by atoms with Crippen LogP contribution in [0.4, 0.5) is 17.5 Å². The highest BCUT2D eigenvalue weighted by molar-refractivity contribution is 7.90. The molecule has 1 fully saturated rings. The molecule has 0 bridgehead atoms. The third-order valence-corrected chi connectivity index (χ3v) is 7.76. The number of ether oxygens (including phenoxy) is 2. The van der Waals surface area contributed by atoms with E-state index in [1.54, 1.807) is 37.5 Å². The van der Waals surface area contributed by atoms with Gasteiger partial charge in [-0.2, -0.15) is 0 Å². The molecule has 11 nitrogen and oxygen atoms in total. The molecule has 3 aromatic rings. The lowest BCUT2D eigenvalue weighted by Crippen LogP contribution is -2.39. The van der Waals surface area contributed by atoms with E-state index in [1.165, 1.54) is 18.7 Å². The van der Waals surface area contributed by atoms with Crippen LogP contribution in [-0.4, -0.2) is 72.9 Å². The van der Waals surface area contributed by atoms with E-state index in [1.807, 2.05) is 12.1 Å². The highest BCUT2D eigenvalue weighted by Gasteiger charge is 2.25. The van der Waals surface area contributed by atoms with Crippen LogP contribution in [0, 0.1) is 0 Å². The molecule has 39 heavy (non-hydrogen) atoms. The van der Waals surface area contributed by atoms with Gasteiger partial charge in [-0.1, -0.05) is 0 Å². The standard InChI is InChI=1S/C27H30N6O5S/c1-3-37-26(34)7-4-19-16-28-27(29-17-19)32-11-9-21(10-12-32)38-25-15-24(30-18-31-25)33-13-8-20-14-22(39(2,35)36)5-6-23(20)33/h4-7,14-18,21H,3,8-13H2,1-2H3/b7-4+. The average molecular weight is 551 g/mol. The zero-order chi connectivity index (χ0) is 27.4. The first-order valence-electron chi connectivity index (χ1n) is 12.8. The van der Waals surface area contributed by atoms with Crippen molar-refractivity contribution in [3.8, 4) is 5.88 Å². The number of aromatic nitrogens is 4. The summed E-state index contributed by atoms with van der Waals surface area (Å²) in [4.78, 5) is 33.6. The minimum absolute atomic E-state index is 0.000956. The molecule has 4 heterocycles. The van der Waals surface area contributed by atoms with E-state index in [9.17, 15) is 13.2 Å². The fourth-order valence-corrected chi connectivity index (χ4v) is 5.34. The van der Waals surface area contributed by atoms with Gasteiger partial charge in [0.15, 0.2) is 9.84 Å². The molecular weight excluding hydrogens is 520 g/mol. The summed E-state index contributed by atoms with van der Waals surface area (Å²) in [6.45, 7) is 4.27. The SMILES string of the molecule is CCOC(=O)/C=C/c1cnc(N2CCC(Oc3cc(N4CCc5cc(S(C)(=O)=O)ccc54)ncn3)CC2)nc1. The molecular formula is C27H30N6O5S. The van der Waals surface area contributed by atoms with Gasteiger partial charge in [0.05, 0.1) is 11.5 Å². The van der Waals surface area contributed by atoms with Crippen LogP contribution in [0.2, 0.25) is 0 Å². The summed E-state index contributed by atoms with van der Waals surface area (Å²) in [5.74, 6) is 1.47. The topological polar surface area (TPSA) is 128 Å². The van der Waals surface area contributed by atoms with Gasteiger partial charge in [-0.15, -0.1) is 0 Å². The number of rotatable bonds is 8. The van der Waals surface area contributed by atoms with Gasteiger partial charge in [-0.05, 0) is 43.2 Å². The van der Waals surface area contributed by atoms with Crippen LogP contribution in [0.5, 0.6) is 5.88 Å². The zero-order valence-electron chi connectivity index (χ0n) is 21.9. The Hall–Kier alpha value is -4.06. The van der Waals surface area contributed by atoms with Crippen molar-refractivity contribution in [2.24, 2.45) is 0 Å². The maximum Gasteiger partial charge on any atom is 0.330 e.